The van der Waals surface area contributed by atoms with Gasteiger partial charge in [-0.2, -0.15) is 0 Å². The predicted octanol–water partition coefficient (Wildman–Crippen LogP) is 4.96. The number of hydrogen-bond acceptors (Lipinski definition) is 2. The molecule has 2 bridgehead atoms. The summed E-state index contributed by atoms with van der Waals surface area (Å²) in [7, 11) is 2.25. The van der Waals surface area contributed by atoms with Gasteiger partial charge in [0, 0.05) is 24.4 Å². The molecule has 0 aromatic carbocycles. The molecule has 2 fully saturated rings. The van der Waals surface area contributed by atoms with Crippen molar-refractivity contribution in [2.45, 2.75) is 102 Å². The van der Waals surface area contributed by atoms with Crippen molar-refractivity contribution in [3.63, 3.8) is 0 Å². The first-order chi connectivity index (χ1) is 10.2. The second kappa shape index (κ2) is 8.92. The number of fused-ring (bicyclic) bond motifs is 2. The van der Waals surface area contributed by atoms with E-state index in [1.165, 1.54) is 57.8 Å². The molecule has 2 heterocycles. The van der Waals surface area contributed by atoms with Crippen LogP contribution in [-0.4, -0.2) is 29.8 Å². The Balaban J connectivity index is 1.52. The first kappa shape index (κ1) is 17.0. The fourth-order valence-corrected chi connectivity index (χ4v) is 4.31. The molecule has 0 saturated carbocycles. The molecular formula is C19H35NO. The fourth-order valence-electron chi connectivity index (χ4n) is 4.31. The van der Waals surface area contributed by atoms with Gasteiger partial charge in [-0.3, -0.25) is 4.79 Å². The van der Waals surface area contributed by atoms with Gasteiger partial charge in [0.15, 0.2) is 0 Å². The lowest BCUT2D eigenvalue weighted by molar-refractivity contribution is -0.125. The number of rotatable bonds is 10. The Bertz CT molecular complexity index is 301. The second-order valence-corrected chi connectivity index (χ2v) is 7.41. The maximum Gasteiger partial charge on any atom is 0.136 e. The lowest BCUT2D eigenvalue weighted by Gasteiger charge is -2.35. The number of unbranched alkanes of at least 4 members (excludes halogenated alkanes) is 7. The van der Waals surface area contributed by atoms with Crippen molar-refractivity contribution in [2.24, 2.45) is 5.92 Å². The number of hydrogen-bond donors (Lipinski definition) is 0. The van der Waals surface area contributed by atoms with E-state index in [0.717, 1.165) is 25.7 Å². The summed E-state index contributed by atoms with van der Waals surface area (Å²) in [6.07, 6.45) is 16.4. The van der Waals surface area contributed by atoms with Crippen LogP contribution in [0.25, 0.3) is 0 Å². The van der Waals surface area contributed by atoms with Gasteiger partial charge < -0.3 is 4.90 Å². The van der Waals surface area contributed by atoms with Crippen LogP contribution in [0.5, 0.6) is 0 Å². The van der Waals surface area contributed by atoms with Crippen LogP contribution in [0.2, 0.25) is 0 Å². The number of piperidine rings is 1. The highest BCUT2D eigenvalue weighted by molar-refractivity contribution is 5.81. The Labute approximate surface area is 131 Å². The average molecular weight is 293 g/mol. The highest BCUT2D eigenvalue weighted by Crippen LogP contribution is 2.38. The molecular weight excluding hydrogens is 258 g/mol. The van der Waals surface area contributed by atoms with Crippen LogP contribution in [-0.2, 0) is 4.79 Å². The third-order valence-corrected chi connectivity index (χ3v) is 5.83. The lowest BCUT2D eigenvalue weighted by atomic mass is 9.86. The van der Waals surface area contributed by atoms with E-state index < -0.39 is 0 Å². The molecule has 2 nitrogen and oxygen atoms in total. The van der Waals surface area contributed by atoms with Crippen LogP contribution in [0.1, 0.15) is 90.4 Å². The molecule has 0 spiro atoms. The van der Waals surface area contributed by atoms with Gasteiger partial charge in [-0.1, -0.05) is 51.9 Å². The van der Waals surface area contributed by atoms with Crippen LogP contribution < -0.4 is 0 Å². The molecule has 2 aliphatic rings. The highest BCUT2D eigenvalue weighted by Gasteiger charge is 2.40. The molecule has 122 valence electrons. The molecule has 2 atom stereocenters. The second-order valence-electron chi connectivity index (χ2n) is 7.41. The highest BCUT2D eigenvalue weighted by atomic mass is 16.1. The Hall–Kier alpha value is -0.370. The minimum atomic E-state index is 0.392. The van der Waals surface area contributed by atoms with Gasteiger partial charge in [0.25, 0.3) is 0 Å². The number of nitrogens with zero attached hydrogens (tertiary/aromatic N) is 1. The maximum atomic E-state index is 12.4. The van der Waals surface area contributed by atoms with Crippen LogP contribution >= 0.6 is 0 Å². The van der Waals surface area contributed by atoms with E-state index in [4.69, 9.17) is 0 Å². The summed E-state index contributed by atoms with van der Waals surface area (Å²) < 4.78 is 0. The van der Waals surface area contributed by atoms with E-state index in [1.807, 2.05) is 0 Å². The summed E-state index contributed by atoms with van der Waals surface area (Å²) in [5, 5.41) is 0. The molecule has 2 aliphatic heterocycles. The smallest absolute Gasteiger partial charge is 0.136 e. The summed E-state index contributed by atoms with van der Waals surface area (Å²) in [5.74, 6) is 0.967. The SMILES string of the molecule is CCCCCCCCCCC(=O)C1CC2CCC(C1)N2C. The molecule has 0 N–H and O–H groups in total. The first-order valence-electron chi connectivity index (χ1n) is 9.47. The zero-order valence-corrected chi connectivity index (χ0v) is 14.3. The molecule has 0 aliphatic carbocycles. The number of Topliss-reactive ketones (excluding diaryl/α,β-unsaturated/α-hetero) is 1. The van der Waals surface area contributed by atoms with Crippen molar-refractivity contribution in [1.82, 2.24) is 4.90 Å². The fraction of sp³-hybridized carbons (Fsp3) is 0.947. The summed E-state index contributed by atoms with van der Waals surface area (Å²) in [5.41, 5.74) is 0. The van der Waals surface area contributed by atoms with Gasteiger partial charge in [-0.05, 0) is 39.2 Å². The van der Waals surface area contributed by atoms with Gasteiger partial charge in [0.1, 0.15) is 5.78 Å². The molecule has 2 heteroatoms. The Morgan fingerprint density at radius 1 is 0.905 bits per heavy atom. The normalized spacial score (nSPS) is 29.0. The van der Waals surface area contributed by atoms with E-state index in [9.17, 15) is 4.79 Å². The van der Waals surface area contributed by atoms with Crippen LogP contribution in [0.3, 0.4) is 0 Å². The van der Waals surface area contributed by atoms with Crippen LogP contribution in [0.15, 0.2) is 0 Å². The third kappa shape index (κ3) is 5.09. The zero-order valence-electron chi connectivity index (χ0n) is 14.3. The average Bonchev–Trinajstić information content (AvgIpc) is 2.71. The molecule has 21 heavy (non-hydrogen) atoms. The standard InChI is InChI=1S/C19H35NO/c1-3-4-5-6-7-8-9-10-11-19(21)16-14-17-12-13-18(15-16)20(17)2/h16-18H,3-15H2,1-2H3. The molecule has 0 aromatic heterocycles. The first-order valence-corrected chi connectivity index (χ1v) is 9.47. The van der Waals surface area contributed by atoms with Gasteiger partial charge in [-0.15, -0.1) is 0 Å². The van der Waals surface area contributed by atoms with Gasteiger partial charge in [0.2, 0.25) is 0 Å². The van der Waals surface area contributed by atoms with Gasteiger partial charge in [-0.25, -0.2) is 0 Å². The van der Waals surface area contributed by atoms with Crippen molar-refractivity contribution in [2.75, 3.05) is 7.05 Å². The largest absolute Gasteiger partial charge is 0.300 e. The number of ketones is 1. The van der Waals surface area contributed by atoms with E-state index in [2.05, 4.69) is 18.9 Å². The maximum absolute atomic E-state index is 12.4. The van der Waals surface area contributed by atoms with Crippen molar-refractivity contribution < 1.29 is 4.79 Å². The van der Waals surface area contributed by atoms with E-state index >= 15 is 0 Å². The Morgan fingerprint density at radius 2 is 1.43 bits per heavy atom. The minimum absolute atomic E-state index is 0.392. The third-order valence-electron chi connectivity index (χ3n) is 5.83. The quantitative estimate of drug-likeness (QED) is 0.531. The van der Waals surface area contributed by atoms with Crippen molar-refractivity contribution in [3.05, 3.63) is 0 Å². The van der Waals surface area contributed by atoms with Crippen molar-refractivity contribution in [3.8, 4) is 0 Å². The lowest BCUT2D eigenvalue weighted by Crippen LogP contribution is -2.42. The number of carbonyl (C=O) groups is 1. The van der Waals surface area contributed by atoms with E-state index in [0.29, 0.717) is 23.8 Å². The summed E-state index contributed by atoms with van der Waals surface area (Å²) in [4.78, 5) is 14.9. The molecule has 0 amide bonds. The molecule has 2 saturated heterocycles. The van der Waals surface area contributed by atoms with Crippen LogP contribution in [0, 0.1) is 5.92 Å². The summed E-state index contributed by atoms with van der Waals surface area (Å²) >= 11 is 0. The molecule has 0 radical (unpaired) electrons. The topological polar surface area (TPSA) is 20.3 Å². The monoisotopic (exact) mass is 293 g/mol. The van der Waals surface area contributed by atoms with Crippen LogP contribution in [0.4, 0.5) is 0 Å². The van der Waals surface area contributed by atoms with Crippen molar-refractivity contribution >= 4 is 5.78 Å². The Morgan fingerprint density at radius 3 is 2.00 bits per heavy atom. The summed E-state index contributed by atoms with van der Waals surface area (Å²) in [6, 6.07) is 1.41. The zero-order chi connectivity index (χ0) is 15.1. The minimum Gasteiger partial charge on any atom is -0.300 e. The molecule has 0 aromatic rings. The predicted molar refractivity (Wildman–Crippen MR) is 89.5 cm³/mol. The Kier molecular flexibility index (Phi) is 7.22. The van der Waals surface area contributed by atoms with Gasteiger partial charge >= 0.3 is 0 Å². The van der Waals surface area contributed by atoms with Gasteiger partial charge in [0.05, 0.1) is 0 Å². The summed E-state index contributed by atoms with van der Waals surface area (Å²) in [6.45, 7) is 2.26. The van der Waals surface area contributed by atoms with E-state index in [-0.39, 0.29) is 0 Å². The van der Waals surface area contributed by atoms with Crippen molar-refractivity contribution in [1.29, 1.82) is 0 Å². The van der Waals surface area contributed by atoms with E-state index in [1.54, 1.807) is 0 Å². The molecule has 2 rings (SSSR count). The number of carbonyl (C=O) groups excluding carboxylic acids is 1. The molecule has 2 unspecified atom stereocenters.